The largest absolute Gasteiger partial charge is 0.298 e. The van der Waals surface area contributed by atoms with E-state index in [0.29, 0.717) is 0 Å². The minimum Gasteiger partial charge on any atom is -0.298 e. The quantitative estimate of drug-likeness (QED) is 0.635. The molecule has 0 aromatic rings. The minimum absolute atomic E-state index is 0.725. The molecule has 0 aromatic carbocycles. The minimum atomic E-state index is 0.725. The molecule has 78 valence electrons. The summed E-state index contributed by atoms with van der Waals surface area (Å²) in [7, 11) is 0. The predicted octanol–water partition coefficient (Wildman–Crippen LogP) is 3.15. The third kappa shape index (κ3) is 2.70. The summed E-state index contributed by atoms with van der Waals surface area (Å²) >= 11 is 0. The van der Waals surface area contributed by atoms with Crippen LogP contribution in [0, 0.1) is 11.8 Å². The van der Waals surface area contributed by atoms with Gasteiger partial charge in [0.15, 0.2) is 0 Å². The van der Waals surface area contributed by atoms with Crippen LogP contribution in [0.2, 0.25) is 0 Å². The van der Waals surface area contributed by atoms with E-state index in [0.717, 1.165) is 23.9 Å². The van der Waals surface area contributed by atoms with Gasteiger partial charge in [-0.05, 0) is 52.0 Å². The molecule has 0 aromatic heterocycles. The topological polar surface area (TPSA) is 3.24 Å². The molecule has 0 amide bonds. The Morgan fingerprint density at radius 1 is 1.15 bits per heavy atom. The van der Waals surface area contributed by atoms with E-state index in [1.165, 1.54) is 19.4 Å². The van der Waals surface area contributed by atoms with Crippen LogP contribution in [0.3, 0.4) is 0 Å². The van der Waals surface area contributed by atoms with E-state index in [1.54, 1.807) is 0 Å². The molecule has 1 aliphatic heterocycles. The normalized spacial score (nSPS) is 31.6. The van der Waals surface area contributed by atoms with E-state index in [2.05, 4.69) is 39.5 Å². The third-order valence-corrected chi connectivity index (χ3v) is 3.57. The summed E-state index contributed by atoms with van der Waals surface area (Å²) in [5.74, 6) is 1.83. The van der Waals surface area contributed by atoms with E-state index in [9.17, 15) is 0 Å². The molecule has 0 saturated carbocycles. The standard InChI is InChI=1S/C12H25N/c1-9(2)12-6-7-13(10(3)4)11(5)8-12/h9-12H,6-8H2,1-5H3/t11-,12+/m0/s1. The number of nitrogens with zero attached hydrogens (tertiary/aromatic N) is 1. The Morgan fingerprint density at radius 3 is 2.15 bits per heavy atom. The second-order valence-corrected chi connectivity index (χ2v) is 5.21. The zero-order chi connectivity index (χ0) is 10.0. The Hall–Kier alpha value is -0.0400. The number of rotatable bonds is 2. The van der Waals surface area contributed by atoms with Crippen LogP contribution >= 0.6 is 0 Å². The van der Waals surface area contributed by atoms with E-state index in [1.807, 2.05) is 0 Å². The number of hydrogen-bond donors (Lipinski definition) is 0. The van der Waals surface area contributed by atoms with Gasteiger partial charge < -0.3 is 0 Å². The van der Waals surface area contributed by atoms with Gasteiger partial charge in [-0.2, -0.15) is 0 Å². The van der Waals surface area contributed by atoms with Gasteiger partial charge in [-0.3, -0.25) is 4.90 Å². The Kier molecular flexibility index (Phi) is 3.78. The van der Waals surface area contributed by atoms with Crippen molar-refractivity contribution in [2.75, 3.05) is 6.54 Å². The second-order valence-electron chi connectivity index (χ2n) is 5.21. The zero-order valence-electron chi connectivity index (χ0n) is 9.88. The van der Waals surface area contributed by atoms with Gasteiger partial charge in [-0.15, -0.1) is 0 Å². The average molecular weight is 183 g/mol. The molecule has 13 heavy (non-hydrogen) atoms. The fraction of sp³-hybridized carbons (Fsp3) is 1.00. The van der Waals surface area contributed by atoms with Crippen molar-refractivity contribution in [1.29, 1.82) is 0 Å². The molecule has 0 N–H and O–H groups in total. The van der Waals surface area contributed by atoms with Gasteiger partial charge >= 0.3 is 0 Å². The molecule has 2 atom stereocenters. The molecule has 1 rings (SSSR count). The fourth-order valence-electron chi connectivity index (χ4n) is 2.60. The summed E-state index contributed by atoms with van der Waals surface area (Å²) in [5.41, 5.74) is 0. The SMILES string of the molecule is CC(C)[C@@H]1CCN(C(C)C)[C@@H](C)C1. The fourth-order valence-corrected chi connectivity index (χ4v) is 2.60. The zero-order valence-corrected chi connectivity index (χ0v) is 9.88. The highest BCUT2D eigenvalue weighted by molar-refractivity contribution is 4.81. The first kappa shape index (κ1) is 11.0. The summed E-state index contributed by atoms with van der Waals surface area (Å²) in [5, 5.41) is 0. The predicted molar refractivity (Wildman–Crippen MR) is 58.9 cm³/mol. The van der Waals surface area contributed by atoms with Crippen LogP contribution in [0.15, 0.2) is 0 Å². The monoisotopic (exact) mass is 183 g/mol. The molecule has 0 unspecified atom stereocenters. The summed E-state index contributed by atoms with van der Waals surface area (Å²) in [6.07, 6.45) is 2.80. The highest BCUT2D eigenvalue weighted by atomic mass is 15.2. The van der Waals surface area contributed by atoms with E-state index in [-0.39, 0.29) is 0 Å². The Bertz CT molecular complexity index is 151. The van der Waals surface area contributed by atoms with E-state index in [4.69, 9.17) is 0 Å². The molecule has 1 fully saturated rings. The highest BCUT2D eigenvalue weighted by Gasteiger charge is 2.28. The first-order valence-electron chi connectivity index (χ1n) is 5.78. The van der Waals surface area contributed by atoms with Crippen molar-refractivity contribution in [3.8, 4) is 0 Å². The van der Waals surface area contributed by atoms with Crippen molar-refractivity contribution in [3.63, 3.8) is 0 Å². The Labute approximate surface area is 83.5 Å². The van der Waals surface area contributed by atoms with Crippen LogP contribution in [-0.4, -0.2) is 23.5 Å². The number of piperidine rings is 1. The lowest BCUT2D eigenvalue weighted by Gasteiger charge is -2.41. The van der Waals surface area contributed by atoms with Gasteiger partial charge in [0.25, 0.3) is 0 Å². The van der Waals surface area contributed by atoms with Crippen LogP contribution in [0.1, 0.15) is 47.5 Å². The molecular formula is C12H25N. The van der Waals surface area contributed by atoms with Crippen LogP contribution in [-0.2, 0) is 0 Å². The van der Waals surface area contributed by atoms with Crippen molar-refractivity contribution in [2.45, 2.75) is 59.5 Å². The second kappa shape index (κ2) is 4.45. The molecule has 1 heterocycles. The highest BCUT2D eigenvalue weighted by Crippen LogP contribution is 2.29. The van der Waals surface area contributed by atoms with Crippen molar-refractivity contribution < 1.29 is 0 Å². The third-order valence-electron chi connectivity index (χ3n) is 3.57. The molecule has 1 saturated heterocycles. The van der Waals surface area contributed by atoms with E-state index >= 15 is 0 Å². The Morgan fingerprint density at radius 2 is 1.77 bits per heavy atom. The lowest BCUT2D eigenvalue weighted by atomic mass is 9.83. The van der Waals surface area contributed by atoms with Gasteiger partial charge in [0.2, 0.25) is 0 Å². The molecule has 1 heteroatoms. The van der Waals surface area contributed by atoms with Crippen molar-refractivity contribution in [3.05, 3.63) is 0 Å². The van der Waals surface area contributed by atoms with Crippen molar-refractivity contribution in [1.82, 2.24) is 4.90 Å². The first-order chi connectivity index (χ1) is 6.02. The summed E-state index contributed by atoms with van der Waals surface area (Å²) in [6, 6.07) is 1.52. The summed E-state index contributed by atoms with van der Waals surface area (Å²) < 4.78 is 0. The summed E-state index contributed by atoms with van der Waals surface area (Å²) in [4.78, 5) is 2.64. The maximum Gasteiger partial charge on any atom is 0.00723 e. The lowest BCUT2D eigenvalue weighted by Crippen LogP contribution is -2.45. The van der Waals surface area contributed by atoms with Crippen LogP contribution in [0.25, 0.3) is 0 Å². The molecule has 0 radical (unpaired) electrons. The van der Waals surface area contributed by atoms with Crippen molar-refractivity contribution in [2.24, 2.45) is 11.8 Å². The lowest BCUT2D eigenvalue weighted by molar-refractivity contribution is 0.0764. The maximum absolute atomic E-state index is 2.64. The molecular weight excluding hydrogens is 158 g/mol. The molecule has 1 aliphatic rings. The van der Waals surface area contributed by atoms with Crippen LogP contribution in [0.4, 0.5) is 0 Å². The molecule has 1 nitrogen and oxygen atoms in total. The van der Waals surface area contributed by atoms with Crippen LogP contribution in [0.5, 0.6) is 0 Å². The first-order valence-corrected chi connectivity index (χ1v) is 5.78. The van der Waals surface area contributed by atoms with Gasteiger partial charge in [-0.1, -0.05) is 13.8 Å². The molecule has 0 aliphatic carbocycles. The molecule has 0 bridgehead atoms. The Balaban J connectivity index is 2.46. The number of hydrogen-bond acceptors (Lipinski definition) is 1. The van der Waals surface area contributed by atoms with Crippen molar-refractivity contribution >= 4 is 0 Å². The van der Waals surface area contributed by atoms with Gasteiger partial charge in [0.1, 0.15) is 0 Å². The van der Waals surface area contributed by atoms with Gasteiger partial charge in [0, 0.05) is 12.1 Å². The van der Waals surface area contributed by atoms with E-state index < -0.39 is 0 Å². The van der Waals surface area contributed by atoms with Gasteiger partial charge in [0.05, 0.1) is 0 Å². The van der Waals surface area contributed by atoms with Gasteiger partial charge in [-0.25, -0.2) is 0 Å². The maximum atomic E-state index is 2.64. The number of likely N-dealkylation sites (tertiary alicyclic amines) is 1. The molecule has 0 spiro atoms. The smallest absolute Gasteiger partial charge is 0.00723 e. The summed E-state index contributed by atoms with van der Waals surface area (Å²) in [6.45, 7) is 13.0. The van der Waals surface area contributed by atoms with Crippen LogP contribution < -0.4 is 0 Å². The average Bonchev–Trinajstić information content (AvgIpc) is 2.03.